The van der Waals surface area contributed by atoms with Crippen LogP contribution in [0.25, 0.3) is 0 Å². The Labute approximate surface area is 193 Å². The molecule has 0 bridgehead atoms. The molecule has 29 heavy (non-hydrogen) atoms. The molecule has 2 aliphatic heterocycles. The molecule has 6 nitrogen and oxygen atoms in total. The fourth-order valence-corrected chi connectivity index (χ4v) is 3.94. The van der Waals surface area contributed by atoms with Crippen molar-refractivity contribution < 1.29 is 4.74 Å². The topological polar surface area (TPSA) is 52.1 Å². The number of guanidine groups is 1. The summed E-state index contributed by atoms with van der Waals surface area (Å²) in [4.78, 5) is 9.47. The number of likely N-dealkylation sites (N-methyl/N-ethyl adjacent to an activating group) is 1. The van der Waals surface area contributed by atoms with E-state index in [0.717, 1.165) is 44.2 Å². The van der Waals surface area contributed by atoms with Crippen LogP contribution in [0.1, 0.15) is 30.9 Å². The molecule has 0 radical (unpaired) electrons. The highest BCUT2D eigenvalue weighted by atomic mass is 127. The molecule has 0 spiro atoms. The second kappa shape index (κ2) is 13.3. The third kappa shape index (κ3) is 7.94. The van der Waals surface area contributed by atoms with Crippen LogP contribution in [0, 0.1) is 0 Å². The van der Waals surface area contributed by atoms with Gasteiger partial charge in [-0.2, -0.15) is 0 Å². The Balaban J connectivity index is 0.00000300. The Kier molecular flexibility index (Phi) is 11.1. The summed E-state index contributed by atoms with van der Waals surface area (Å²) in [7, 11) is 1.84. The maximum atomic E-state index is 5.58. The van der Waals surface area contributed by atoms with Crippen LogP contribution in [0.5, 0.6) is 5.75 Å². The van der Waals surface area contributed by atoms with Gasteiger partial charge in [-0.25, -0.2) is 0 Å². The summed E-state index contributed by atoms with van der Waals surface area (Å²) in [6, 6.07) is 6.55. The Morgan fingerprint density at radius 2 is 1.83 bits per heavy atom. The molecule has 3 rings (SSSR count). The summed E-state index contributed by atoms with van der Waals surface area (Å²) in [5.41, 5.74) is 2.70. The van der Waals surface area contributed by atoms with Gasteiger partial charge in [0.25, 0.3) is 0 Å². The average molecular weight is 515 g/mol. The van der Waals surface area contributed by atoms with Crippen molar-refractivity contribution in [1.29, 1.82) is 0 Å². The molecule has 7 heteroatoms. The second-order valence-electron chi connectivity index (χ2n) is 7.70. The highest BCUT2D eigenvalue weighted by molar-refractivity contribution is 14.0. The number of hydrogen-bond acceptors (Lipinski definition) is 4. The minimum atomic E-state index is 0. The number of aliphatic imine (C=N–C) groups is 1. The van der Waals surface area contributed by atoms with Gasteiger partial charge in [-0.1, -0.05) is 19.1 Å². The summed E-state index contributed by atoms with van der Waals surface area (Å²) in [6.45, 7) is 12.2. The quantitative estimate of drug-likeness (QED) is 0.229. The molecule has 1 aromatic rings. The van der Waals surface area contributed by atoms with Gasteiger partial charge in [0.05, 0.1) is 6.61 Å². The van der Waals surface area contributed by atoms with Gasteiger partial charge in [-0.05, 0) is 49.5 Å². The lowest BCUT2D eigenvalue weighted by molar-refractivity contribution is 0.136. The minimum Gasteiger partial charge on any atom is -0.493 e. The van der Waals surface area contributed by atoms with E-state index in [1.807, 2.05) is 7.05 Å². The fourth-order valence-electron chi connectivity index (χ4n) is 3.94. The molecule has 1 fully saturated rings. The first-order chi connectivity index (χ1) is 13.8. The van der Waals surface area contributed by atoms with Gasteiger partial charge in [0.2, 0.25) is 0 Å². The van der Waals surface area contributed by atoms with Crippen molar-refractivity contribution in [2.24, 2.45) is 4.99 Å². The van der Waals surface area contributed by atoms with E-state index in [4.69, 9.17) is 4.74 Å². The van der Waals surface area contributed by atoms with Crippen molar-refractivity contribution in [2.45, 2.75) is 32.6 Å². The van der Waals surface area contributed by atoms with Crippen molar-refractivity contribution in [3.8, 4) is 5.75 Å². The van der Waals surface area contributed by atoms with Crippen molar-refractivity contribution in [3.05, 3.63) is 29.3 Å². The molecular formula is C22H38IN5O. The van der Waals surface area contributed by atoms with E-state index in [-0.39, 0.29) is 24.0 Å². The first-order valence-electron chi connectivity index (χ1n) is 10.9. The number of halogens is 1. The number of piperazine rings is 1. The van der Waals surface area contributed by atoms with Crippen molar-refractivity contribution in [2.75, 3.05) is 66.0 Å². The molecule has 2 N–H and O–H groups in total. The first kappa shape index (κ1) is 24.2. The molecule has 2 heterocycles. The number of nitrogens with zero attached hydrogens (tertiary/aromatic N) is 3. The number of rotatable bonds is 9. The molecule has 0 saturated carbocycles. The van der Waals surface area contributed by atoms with Crippen LogP contribution in [0.4, 0.5) is 0 Å². The maximum absolute atomic E-state index is 5.58. The van der Waals surface area contributed by atoms with Gasteiger partial charge < -0.3 is 25.2 Å². The first-order valence-corrected chi connectivity index (χ1v) is 10.9. The van der Waals surface area contributed by atoms with Crippen LogP contribution in [0.15, 0.2) is 23.2 Å². The predicted octanol–water partition coefficient (Wildman–Crippen LogP) is 2.36. The molecule has 164 valence electrons. The molecule has 0 atom stereocenters. The van der Waals surface area contributed by atoms with Crippen LogP contribution in [-0.4, -0.2) is 81.8 Å². The molecule has 2 aliphatic rings. The van der Waals surface area contributed by atoms with Gasteiger partial charge in [0, 0.05) is 52.7 Å². The lowest BCUT2D eigenvalue weighted by Crippen LogP contribution is -2.46. The number of benzene rings is 1. The Hall–Kier alpha value is -1.06. The number of ether oxygens (including phenoxy) is 1. The highest BCUT2D eigenvalue weighted by Crippen LogP contribution is 2.25. The van der Waals surface area contributed by atoms with Crippen LogP contribution >= 0.6 is 24.0 Å². The highest BCUT2D eigenvalue weighted by Gasteiger charge is 2.14. The molecule has 1 aromatic carbocycles. The zero-order valence-electron chi connectivity index (χ0n) is 18.1. The average Bonchev–Trinajstić information content (AvgIpc) is 3.20. The van der Waals surface area contributed by atoms with Crippen molar-refractivity contribution >= 4 is 29.9 Å². The molecular weight excluding hydrogens is 477 g/mol. The summed E-state index contributed by atoms with van der Waals surface area (Å²) in [5, 5.41) is 6.87. The van der Waals surface area contributed by atoms with E-state index in [1.165, 1.54) is 63.2 Å². The SMILES string of the molecule is CCN1CCN(CCCCNC(=NC)NCCc2ccc3c(c2)CCO3)CC1.I. The molecule has 0 unspecified atom stereocenters. The molecule has 1 saturated heterocycles. The Morgan fingerprint density at radius 1 is 1.07 bits per heavy atom. The zero-order valence-corrected chi connectivity index (χ0v) is 20.4. The zero-order chi connectivity index (χ0) is 19.6. The van der Waals surface area contributed by atoms with Crippen molar-refractivity contribution in [1.82, 2.24) is 20.4 Å². The fraction of sp³-hybridized carbons (Fsp3) is 0.682. The third-order valence-corrected chi connectivity index (χ3v) is 5.79. The summed E-state index contributed by atoms with van der Waals surface area (Å²) in [6.07, 6.45) is 4.46. The number of fused-ring (bicyclic) bond motifs is 1. The number of hydrogen-bond donors (Lipinski definition) is 2. The van der Waals surface area contributed by atoms with Gasteiger partial charge >= 0.3 is 0 Å². The van der Waals surface area contributed by atoms with E-state index in [9.17, 15) is 0 Å². The third-order valence-electron chi connectivity index (χ3n) is 5.79. The second-order valence-corrected chi connectivity index (χ2v) is 7.70. The predicted molar refractivity (Wildman–Crippen MR) is 132 cm³/mol. The van der Waals surface area contributed by atoms with E-state index in [1.54, 1.807) is 0 Å². The van der Waals surface area contributed by atoms with E-state index >= 15 is 0 Å². The summed E-state index contributed by atoms with van der Waals surface area (Å²) in [5.74, 6) is 1.96. The number of unbranched alkanes of at least 4 members (excludes halogenated alkanes) is 1. The van der Waals surface area contributed by atoms with Gasteiger partial charge in [-0.15, -0.1) is 24.0 Å². The van der Waals surface area contributed by atoms with Crippen LogP contribution < -0.4 is 15.4 Å². The lowest BCUT2D eigenvalue weighted by atomic mass is 10.1. The van der Waals surface area contributed by atoms with Gasteiger partial charge in [0.1, 0.15) is 5.75 Å². The minimum absolute atomic E-state index is 0. The summed E-state index contributed by atoms with van der Waals surface area (Å²) < 4.78 is 5.58. The van der Waals surface area contributed by atoms with Crippen LogP contribution in [-0.2, 0) is 12.8 Å². The Morgan fingerprint density at radius 3 is 2.59 bits per heavy atom. The number of nitrogens with one attached hydrogen (secondary N) is 2. The van der Waals surface area contributed by atoms with Crippen molar-refractivity contribution in [3.63, 3.8) is 0 Å². The largest absolute Gasteiger partial charge is 0.493 e. The smallest absolute Gasteiger partial charge is 0.190 e. The molecule has 0 aliphatic carbocycles. The normalized spacial score (nSPS) is 17.4. The van der Waals surface area contributed by atoms with Crippen LogP contribution in [0.2, 0.25) is 0 Å². The Bertz CT molecular complexity index is 632. The monoisotopic (exact) mass is 515 g/mol. The van der Waals surface area contributed by atoms with Crippen LogP contribution in [0.3, 0.4) is 0 Å². The van der Waals surface area contributed by atoms with E-state index < -0.39 is 0 Å². The standard InChI is InChI=1S/C22H37N5O.HI/c1-3-26-13-15-27(16-14-26)12-5-4-10-24-22(23-2)25-11-8-19-6-7-21-20(18-19)9-17-28-21;/h6-7,18H,3-5,8-17H2,1-2H3,(H2,23,24,25);1H. The molecule has 0 aromatic heterocycles. The lowest BCUT2D eigenvalue weighted by Gasteiger charge is -2.34. The maximum Gasteiger partial charge on any atom is 0.190 e. The van der Waals surface area contributed by atoms with E-state index in [2.05, 4.69) is 50.5 Å². The summed E-state index contributed by atoms with van der Waals surface area (Å²) >= 11 is 0. The van der Waals surface area contributed by atoms with Gasteiger partial charge in [0.15, 0.2) is 5.96 Å². The van der Waals surface area contributed by atoms with Gasteiger partial charge in [-0.3, -0.25) is 4.99 Å². The van der Waals surface area contributed by atoms with E-state index in [0.29, 0.717) is 0 Å². The molecule has 0 amide bonds.